The minimum Gasteiger partial charge on any atom is -0.388 e. The molecule has 0 aliphatic rings. The summed E-state index contributed by atoms with van der Waals surface area (Å²) in [6.45, 7) is 3.85. The molecule has 0 saturated carbocycles. The summed E-state index contributed by atoms with van der Waals surface area (Å²) in [6.07, 6.45) is 0. The smallest absolute Gasteiger partial charge is 0.261 e. The molecule has 0 unspecified atom stereocenters. The lowest BCUT2D eigenvalue weighted by molar-refractivity contribution is 0.601. The van der Waals surface area contributed by atoms with E-state index < -0.39 is 10.0 Å². The molecule has 0 radical (unpaired) electrons. The molecule has 0 saturated heterocycles. The number of halogens is 1. The van der Waals surface area contributed by atoms with Gasteiger partial charge in [-0.05, 0) is 61.4 Å². The normalized spacial score (nSPS) is 11.2. The van der Waals surface area contributed by atoms with Gasteiger partial charge in [0.2, 0.25) is 0 Å². The first kappa shape index (κ1) is 15.9. The van der Waals surface area contributed by atoms with Crippen LogP contribution in [0.4, 0.5) is 11.4 Å². The van der Waals surface area contributed by atoms with Crippen LogP contribution in [0, 0.1) is 13.8 Å². The fourth-order valence-corrected chi connectivity index (χ4v) is 3.29. The molecule has 112 valence electrons. The number of rotatable bonds is 4. The number of nitrogens with one attached hydrogen (secondary N) is 2. The predicted molar refractivity (Wildman–Crippen MR) is 90.4 cm³/mol. The standard InChI is InChI=1S/C15H17BrN2O2S/c1-10-8-13(9-11(2)15(10)16)18-21(19,20)14-6-4-12(17-3)5-7-14/h4-9,17-18H,1-3H3. The van der Waals surface area contributed by atoms with Crippen molar-refractivity contribution in [2.24, 2.45) is 0 Å². The topological polar surface area (TPSA) is 58.2 Å². The number of hydrogen-bond donors (Lipinski definition) is 2. The fourth-order valence-electron chi connectivity index (χ4n) is 2.02. The molecule has 2 N–H and O–H groups in total. The summed E-state index contributed by atoms with van der Waals surface area (Å²) < 4.78 is 28.3. The van der Waals surface area contributed by atoms with E-state index in [1.54, 1.807) is 43.4 Å². The van der Waals surface area contributed by atoms with Gasteiger partial charge >= 0.3 is 0 Å². The van der Waals surface area contributed by atoms with Crippen LogP contribution in [0.3, 0.4) is 0 Å². The van der Waals surface area contributed by atoms with Gasteiger partial charge in [0.05, 0.1) is 4.90 Å². The Hall–Kier alpha value is -1.53. The molecule has 0 heterocycles. The van der Waals surface area contributed by atoms with E-state index in [0.717, 1.165) is 21.3 Å². The zero-order valence-electron chi connectivity index (χ0n) is 12.1. The lowest BCUT2D eigenvalue weighted by atomic mass is 10.1. The summed E-state index contributed by atoms with van der Waals surface area (Å²) in [5.74, 6) is 0. The summed E-state index contributed by atoms with van der Waals surface area (Å²) in [7, 11) is -1.79. The summed E-state index contributed by atoms with van der Waals surface area (Å²) >= 11 is 3.47. The Morgan fingerprint density at radius 1 is 0.952 bits per heavy atom. The molecule has 0 aromatic heterocycles. The van der Waals surface area contributed by atoms with Crippen molar-refractivity contribution in [1.29, 1.82) is 0 Å². The monoisotopic (exact) mass is 368 g/mol. The summed E-state index contributed by atoms with van der Waals surface area (Å²) in [5.41, 5.74) is 3.40. The van der Waals surface area contributed by atoms with Gasteiger partial charge in [-0.2, -0.15) is 0 Å². The number of sulfonamides is 1. The Balaban J connectivity index is 2.32. The summed E-state index contributed by atoms with van der Waals surface area (Å²) in [5, 5.41) is 2.96. The molecule has 0 amide bonds. The Bertz CT molecular complexity index is 733. The maximum atomic E-state index is 12.4. The van der Waals surface area contributed by atoms with E-state index in [9.17, 15) is 8.42 Å². The van der Waals surface area contributed by atoms with Crippen molar-refractivity contribution in [3.05, 3.63) is 52.0 Å². The molecular formula is C15H17BrN2O2S. The van der Waals surface area contributed by atoms with Gasteiger partial charge in [-0.25, -0.2) is 8.42 Å². The van der Waals surface area contributed by atoms with Crippen LogP contribution in [0.15, 0.2) is 45.8 Å². The quantitative estimate of drug-likeness (QED) is 0.859. The average molecular weight is 369 g/mol. The van der Waals surface area contributed by atoms with Gasteiger partial charge in [0, 0.05) is 22.9 Å². The third-order valence-corrected chi connectivity index (χ3v) is 5.79. The van der Waals surface area contributed by atoms with Gasteiger partial charge < -0.3 is 5.32 Å². The van der Waals surface area contributed by atoms with E-state index in [2.05, 4.69) is 26.0 Å². The molecule has 2 aromatic rings. The van der Waals surface area contributed by atoms with E-state index >= 15 is 0 Å². The van der Waals surface area contributed by atoms with Gasteiger partial charge in [-0.1, -0.05) is 15.9 Å². The second-order valence-electron chi connectivity index (χ2n) is 4.80. The maximum Gasteiger partial charge on any atom is 0.261 e. The minimum atomic E-state index is -3.58. The van der Waals surface area contributed by atoms with E-state index in [1.165, 1.54) is 0 Å². The van der Waals surface area contributed by atoms with Crippen LogP contribution < -0.4 is 10.0 Å². The van der Waals surface area contributed by atoms with Crippen LogP contribution in [-0.2, 0) is 10.0 Å². The first-order valence-corrected chi connectivity index (χ1v) is 8.68. The highest BCUT2D eigenvalue weighted by Gasteiger charge is 2.15. The molecule has 0 fully saturated rings. The summed E-state index contributed by atoms with van der Waals surface area (Å²) in [4.78, 5) is 0.236. The van der Waals surface area contributed by atoms with Crippen LogP contribution in [0.2, 0.25) is 0 Å². The molecule has 0 aliphatic carbocycles. The number of benzene rings is 2. The van der Waals surface area contributed by atoms with Gasteiger partial charge in [-0.15, -0.1) is 0 Å². The van der Waals surface area contributed by atoms with Crippen LogP contribution >= 0.6 is 15.9 Å². The van der Waals surface area contributed by atoms with Gasteiger partial charge in [0.25, 0.3) is 10.0 Å². The third kappa shape index (κ3) is 3.57. The molecule has 2 rings (SSSR count). The van der Waals surface area contributed by atoms with Crippen LogP contribution in [0.25, 0.3) is 0 Å². The average Bonchev–Trinajstić information content (AvgIpc) is 2.44. The highest BCUT2D eigenvalue weighted by Crippen LogP contribution is 2.26. The van der Waals surface area contributed by atoms with Crippen molar-refractivity contribution in [2.45, 2.75) is 18.7 Å². The van der Waals surface area contributed by atoms with Crippen molar-refractivity contribution in [3.8, 4) is 0 Å². The molecule has 2 aromatic carbocycles. The Morgan fingerprint density at radius 3 is 1.95 bits per heavy atom. The number of hydrogen-bond acceptors (Lipinski definition) is 3. The second kappa shape index (κ2) is 6.07. The molecule has 0 aliphatic heterocycles. The maximum absolute atomic E-state index is 12.4. The minimum absolute atomic E-state index is 0.236. The molecule has 6 heteroatoms. The first-order chi connectivity index (χ1) is 9.83. The fraction of sp³-hybridized carbons (Fsp3) is 0.200. The van der Waals surface area contributed by atoms with Gasteiger partial charge in [0.15, 0.2) is 0 Å². The number of aryl methyl sites for hydroxylation is 2. The van der Waals surface area contributed by atoms with Crippen molar-refractivity contribution in [3.63, 3.8) is 0 Å². The summed E-state index contributed by atoms with van der Waals surface area (Å²) in [6, 6.07) is 10.2. The molecule has 0 spiro atoms. The second-order valence-corrected chi connectivity index (χ2v) is 7.28. The highest BCUT2D eigenvalue weighted by molar-refractivity contribution is 9.10. The van der Waals surface area contributed by atoms with Crippen LogP contribution in [0.1, 0.15) is 11.1 Å². The Kier molecular flexibility index (Phi) is 4.58. The van der Waals surface area contributed by atoms with E-state index in [0.29, 0.717) is 5.69 Å². The first-order valence-electron chi connectivity index (χ1n) is 6.41. The van der Waals surface area contributed by atoms with Crippen molar-refractivity contribution in [1.82, 2.24) is 0 Å². The van der Waals surface area contributed by atoms with Crippen LogP contribution in [-0.4, -0.2) is 15.5 Å². The Labute approximate surface area is 133 Å². The van der Waals surface area contributed by atoms with E-state index in [1.807, 2.05) is 13.8 Å². The van der Waals surface area contributed by atoms with Crippen molar-refractivity contribution < 1.29 is 8.42 Å². The SMILES string of the molecule is CNc1ccc(S(=O)(=O)Nc2cc(C)c(Br)c(C)c2)cc1. The van der Waals surface area contributed by atoms with Gasteiger partial charge in [0.1, 0.15) is 0 Å². The van der Waals surface area contributed by atoms with E-state index in [-0.39, 0.29) is 4.90 Å². The van der Waals surface area contributed by atoms with Crippen molar-refractivity contribution >= 4 is 37.3 Å². The molecule has 0 atom stereocenters. The van der Waals surface area contributed by atoms with Crippen LogP contribution in [0.5, 0.6) is 0 Å². The lowest BCUT2D eigenvalue weighted by Crippen LogP contribution is -2.13. The third-order valence-electron chi connectivity index (χ3n) is 3.14. The highest BCUT2D eigenvalue weighted by atomic mass is 79.9. The largest absolute Gasteiger partial charge is 0.388 e. The molecule has 0 bridgehead atoms. The molecular weight excluding hydrogens is 352 g/mol. The molecule has 21 heavy (non-hydrogen) atoms. The Morgan fingerprint density at radius 2 is 1.48 bits per heavy atom. The predicted octanol–water partition coefficient (Wildman–Crippen LogP) is 3.91. The van der Waals surface area contributed by atoms with Crippen molar-refractivity contribution in [2.75, 3.05) is 17.1 Å². The van der Waals surface area contributed by atoms with Gasteiger partial charge in [-0.3, -0.25) is 4.72 Å². The zero-order chi connectivity index (χ0) is 15.6. The molecule has 4 nitrogen and oxygen atoms in total. The zero-order valence-corrected chi connectivity index (χ0v) is 14.5. The lowest BCUT2D eigenvalue weighted by Gasteiger charge is -2.11. The van der Waals surface area contributed by atoms with E-state index in [4.69, 9.17) is 0 Å². The number of anilines is 2.